The topological polar surface area (TPSA) is 24.1 Å². The lowest BCUT2D eigenvalue weighted by atomic mass is 10.0. The summed E-state index contributed by atoms with van der Waals surface area (Å²) in [5.41, 5.74) is 0. The van der Waals surface area contributed by atoms with Crippen LogP contribution in [0.2, 0.25) is 0 Å². The highest BCUT2D eigenvalue weighted by atomic mass is 15.1. The van der Waals surface area contributed by atoms with Crippen molar-refractivity contribution in [3.8, 4) is 0 Å². The smallest absolute Gasteiger partial charge is 0.0601 e. The van der Waals surface area contributed by atoms with Crippen molar-refractivity contribution in [3.05, 3.63) is 0 Å². The first-order valence-electron chi connectivity index (χ1n) is 6.03. The molecule has 0 bridgehead atoms. The lowest BCUT2D eigenvalue weighted by molar-refractivity contribution is 0.267. The molecule has 3 unspecified atom stereocenters. The third-order valence-electron chi connectivity index (χ3n) is 2.80. The van der Waals surface area contributed by atoms with E-state index in [0.717, 1.165) is 0 Å². The van der Waals surface area contributed by atoms with Crippen molar-refractivity contribution in [2.24, 2.45) is 5.92 Å². The zero-order valence-corrected chi connectivity index (χ0v) is 10.7. The Morgan fingerprint density at radius 1 is 0.857 bits per heavy atom. The van der Waals surface area contributed by atoms with E-state index in [-0.39, 0.29) is 0 Å². The highest BCUT2D eigenvalue weighted by Gasteiger charge is 2.17. The standard InChI is InChI=1S/C12H28N2/c1-7-10(5)12(13-9(3)4)14-11(6)8-2/h9-14H,7-8H2,1-6H3. The van der Waals surface area contributed by atoms with Crippen molar-refractivity contribution in [1.29, 1.82) is 0 Å². The van der Waals surface area contributed by atoms with Gasteiger partial charge in [0.05, 0.1) is 6.17 Å². The number of hydrogen-bond acceptors (Lipinski definition) is 2. The average molecular weight is 200 g/mol. The molecule has 0 aromatic rings. The zero-order chi connectivity index (χ0) is 11.1. The monoisotopic (exact) mass is 200 g/mol. The van der Waals surface area contributed by atoms with E-state index >= 15 is 0 Å². The van der Waals surface area contributed by atoms with E-state index in [4.69, 9.17) is 0 Å². The minimum atomic E-state index is 0.454. The molecule has 2 N–H and O–H groups in total. The van der Waals surface area contributed by atoms with Crippen LogP contribution in [0.15, 0.2) is 0 Å². The van der Waals surface area contributed by atoms with Gasteiger partial charge in [-0.1, -0.05) is 27.2 Å². The van der Waals surface area contributed by atoms with Gasteiger partial charge in [0.1, 0.15) is 0 Å². The summed E-state index contributed by atoms with van der Waals surface area (Å²) in [6.45, 7) is 13.4. The van der Waals surface area contributed by atoms with Crippen molar-refractivity contribution in [2.45, 2.75) is 72.6 Å². The molecule has 0 saturated heterocycles. The van der Waals surface area contributed by atoms with Crippen LogP contribution in [0.25, 0.3) is 0 Å². The third kappa shape index (κ3) is 5.61. The average Bonchev–Trinajstić information content (AvgIpc) is 2.14. The van der Waals surface area contributed by atoms with Gasteiger partial charge < -0.3 is 0 Å². The van der Waals surface area contributed by atoms with Crippen molar-refractivity contribution in [2.75, 3.05) is 0 Å². The summed E-state index contributed by atoms with van der Waals surface area (Å²) in [4.78, 5) is 0. The van der Waals surface area contributed by atoms with Crippen molar-refractivity contribution >= 4 is 0 Å². The van der Waals surface area contributed by atoms with Crippen LogP contribution in [-0.4, -0.2) is 18.2 Å². The van der Waals surface area contributed by atoms with Gasteiger partial charge in [-0.15, -0.1) is 0 Å². The summed E-state index contributed by atoms with van der Waals surface area (Å²) < 4.78 is 0. The van der Waals surface area contributed by atoms with E-state index in [1.807, 2.05) is 0 Å². The van der Waals surface area contributed by atoms with E-state index in [9.17, 15) is 0 Å². The van der Waals surface area contributed by atoms with Crippen LogP contribution < -0.4 is 10.6 Å². The van der Waals surface area contributed by atoms with Gasteiger partial charge in [-0.3, -0.25) is 10.6 Å². The van der Waals surface area contributed by atoms with Crippen LogP contribution in [0.5, 0.6) is 0 Å². The molecule has 0 aliphatic rings. The lowest BCUT2D eigenvalue weighted by Crippen LogP contribution is -2.52. The quantitative estimate of drug-likeness (QED) is 0.618. The molecule has 14 heavy (non-hydrogen) atoms. The number of nitrogens with one attached hydrogen (secondary N) is 2. The van der Waals surface area contributed by atoms with E-state index in [2.05, 4.69) is 52.2 Å². The summed E-state index contributed by atoms with van der Waals surface area (Å²) in [6.07, 6.45) is 2.86. The highest BCUT2D eigenvalue weighted by molar-refractivity contribution is 4.75. The molecule has 0 aromatic heterocycles. The molecule has 2 heteroatoms. The Bertz CT molecular complexity index is 134. The van der Waals surface area contributed by atoms with E-state index in [0.29, 0.717) is 24.2 Å². The molecule has 0 heterocycles. The minimum absolute atomic E-state index is 0.454. The number of rotatable bonds is 7. The molecule has 0 saturated carbocycles. The van der Waals surface area contributed by atoms with Crippen LogP contribution in [0.1, 0.15) is 54.4 Å². The second kappa shape index (κ2) is 7.24. The van der Waals surface area contributed by atoms with E-state index in [1.54, 1.807) is 0 Å². The molecule has 0 spiro atoms. The molecule has 3 atom stereocenters. The van der Waals surface area contributed by atoms with Gasteiger partial charge in [-0.2, -0.15) is 0 Å². The first kappa shape index (κ1) is 13.9. The van der Waals surface area contributed by atoms with E-state index in [1.165, 1.54) is 12.8 Å². The maximum Gasteiger partial charge on any atom is 0.0601 e. The zero-order valence-electron chi connectivity index (χ0n) is 10.7. The maximum absolute atomic E-state index is 3.64. The Hall–Kier alpha value is -0.0800. The van der Waals surface area contributed by atoms with Gasteiger partial charge in [0, 0.05) is 12.1 Å². The molecule has 0 radical (unpaired) electrons. The van der Waals surface area contributed by atoms with Gasteiger partial charge in [-0.25, -0.2) is 0 Å². The first-order valence-corrected chi connectivity index (χ1v) is 6.03. The first-order chi connectivity index (χ1) is 6.51. The van der Waals surface area contributed by atoms with Crippen LogP contribution in [0, 0.1) is 5.92 Å². The molecule has 0 fully saturated rings. The second-order valence-electron chi connectivity index (χ2n) is 4.66. The van der Waals surface area contributed by atoms with Gasteiger partial charge in [-0.05, 0) is 33.1 Å². The van der Waals surface area contributed by atoms with Crippen LogP contribution >= 0.6 is 0 Å². The Labute approximate surface area is 89.9 Å². The van der Waals surface area contributed by atoms with Gasteiger partial charge in [0.2, 0.25) is 0 Å². The molecule has 0 aromatic carbocycles. The largest absolute Gasteiger partial charge is 0.299 e. The molecule has 2 nitrogen and oxygen atoms in total. The molecule has 0 aliphatic heterocycles. The second-order valence-corrected chi connectivity index (χ2v) is 4.66. The lowest BCUT2D eigenvalue weighted by Gasteiger charge is -2.30. The Kier molecular flexibility index (Phi) is 7.20. The predicted molar refractivity (Wildman–Crippen MR) is 64.4 cm³/mol. The summed E-state index contributed by atoms with van der Waals surface area (Å²) in [6, 6.07) is 1.14. The summed E-state index contributed by atoms with van der Waals surface area (Å²) in [7, 11) is 0. The molecule has 0 aliphatic carbocycles. The highest BCUT2D eigenvalue weighted by Crippen LogP contribution is 2.07. The maximum atomic E-state index is 3.64. The molecular weight excluding hydrogens is 172 g/mol. The van der Waals surface area contributed by atoms with Crippen molar-refractivity contribution < 1.29 is 0 Å². The molecule has 86 valence electrons. The van der Waals surface area contributed by atoms with Crippen molar-refractivity contribution in [1.82, 2.24) is 10.6 Å². The number of hydrogen-bond donors (Lipinski definition) is 2. The van der Waals surface area contributed by atoms with Gasteiger partial charge >= 0.3 is 0 Å². The van der Waals surface area contributed by atoms with Crippen molar-refractivity contribution in [3.63, 3.8) is 0 Å². The van der Waals surface area contributed by atoms with E-state index < -0.39 is 0 Å². The SMILES string of the molecule is CCC(C)NC(NC(C)C)C(C)CC. The summed E-state index contributed by atoms with van der Waals surface area (Å²) in [5, 5.41) is 7.22. The molecule has 0 rings (SSSR count). The van der Waals surface area contributed by atoms with Crippen LogP contribution in [0.3, 0.4) is 0 Å². The minimum Gasteiger partial charge on any atom is -0.299 e. The van der Waals surface area contributed by atoms with Gasteiger partial charge in [0.15, 0.2) is 0 Å². The fourth-order valence-corrected chi connectivity index (χ4v) is 1.40. The molecular formula is C12H28N2. The van der Waals surface area contributed by atoms with Crippen LogP contribution in [0.4, 0.5) is 0 Å². The fourth-order valence-electron chi connectivity index (χ4n) is 1.40. The third-order valence-corrected chi connectivity index (χ3v) is 2.80. The Morgan fingerprint density at radius 3 is 1.79 bits per heavy atom. The fraction of sp³-hybridized carbons (Fsp3) is 1.00. The van der Waals surface area contributed by atoms with Crippen LogP contribution in [-0.2, 0) is 0 Å². The normalized spacial score (nSPS) is 18.2. The summed E-state index contributed by atoms with van der Waals surface area (Å²) in [5.74, 6) is 0.686. The Balaban J connectivity index is 4.09. The predicted octanol–water partition coefficient (Wildman–Crippen LogP) is 2.74. The molecule has 0 amide bonds. The Morgan fingerprint density at radius 2 is 1.43 bits per heavy atom. The summed E-state index contributed by atoms with van der Waals surface area (Å²) >= 11 is 0. The van der Waals surface area contributed by atoms with Gasteiger partial charge in [0.25, 0.3) is 0 Å².